The van der Waals surface area contributed by atoms with Crippen LogP contribution in [0, 0.1) is 11.8 Å². The number of nitrogens with zero attached hydrogens (tertiary/aromatic N) is 2. The number of aromatic hydroxyl groups is 1. The topological polar surface area (TPSA) is 165 Å². The number of aliphatic hydroxyl groups is 3. The highest BCUT2D eigenvalue weighted by Gasteiger charge is 2.59. The van der Waals surface area contributed by atoms with Crippen LogP contribution in [0.3, 0.4) is 0 Å². The van der Waals surface area contributed by atoms with E-state index in [2.05, 4.69) is 24.1 Å². The summed E-state index contributed by atoms with van der Waals surface area (Å²) in [5.41, 5.74) is 6.75. The van der Waals surface area contributed by atoms with E-state index >= 15 is 0 Å². The van der Waals surface area contributed by atoms with Crippen LogP contribution >= 0.6 is 0 Å². The van der Waals surface area contributed by atoms with Crippen LogP contribution in [0.2, 0.25) is 0 Å². The Morgan fingerprint density at radius 2 is 1.67 bits per heavy atom. The van der Waals surface area contributed by atoms with E-state index < -0.39 is 52.0 Å². The zero-order chi connectivity index (χ0) is 30.2. The number of hydrogen-bond donors (Lipinski definition) is 5. The van der Waals surface area contributed by atoms with E-state index in [1.54, 1.807) is 6.07 Å². The number of rotatable bonds is 5. The number of anilines is 1. The Kier molecular flexibility index (Phi) is 6.47. The second-order valence-corrected chi connectivity index (χ2v) is 12.3. The molecule has 4 aliphatic carbocycles. The van der Waals surface area contributed by atoms with Crippen molar-refractivity contribution in [3.05, 3.63) is 80.8 Å². The first kappa shape index (κ1) is 28.0. The van der Waals surface area contributed by atoms with E-state index in [-0.39, 0.29) is 42.2 Å². The summed E-state index contributed by atoms with van der Waals surface area (Å²) in [6, 6.07) is 10.3. The van der Waals surface area contributed by atoms with E-state index in [0.29, 0.717) is 12.1 Å². The Hall–Kier alpha value is -4.15. The number of carbonyl (C=O) groups is 3. The lowest BCUT2D eigenvalue weighted by Gasteiger charge is -2.46. The Balaban J connectivity index is 1.39. The molecule has 2 aromatic carbocycles. The average molecular weight is 574 g/mol. The number of fused-ring (bicyclic) bond motifs is 4. The number of phenolic OH excluding ortho intramolecular Hbond substituents is 1. The lowest BCUT2D eigenvalue weighted by molar-refractivity contribution is -0.144. The molecule has 0 radical (unpaired) electrons. The van der Waals surface area contributed by atoms with Crippen LogP contribution in [0.15, 0.2) is 53.0 Å². The van der Waals surface area contributed by atoms with Crippen molar-refractivity contribution in [1.82, 2.24) is 4.90 Å². The second-order valence-electron chi connectivity index (χ2n) is 12.3. The van der Waals surface area contributed by atoms with E-state index in [4.69, 9.17) is 5.73 Å². The molecule has 3 atom stereocenters. The fourth-order valence-corrected chi connectivity index (χ4v) is 7.67. The Morgan fingerprint density at radius 3 is 2.26 bits per heavy atom. The molecule has 42 heavy (non-hydrogen) atoms. The molecule has 1 amide bonds. The predicted molar refractivity (Wildman–Crippen MR) is 154 cm³/mol. The first-order valence-corrected chi connectivity index (χ1v) is 14.1. The molecule has 0 saturated carbocycles. The molecular weight excluding hydrogens is 538 g/mol. The molecule has 0 fully saturated rings. The quantitative estimate of drug-likeness (QED) is 0.337. The van der Waals surface area contributed by atoms with Gasteiger partial charge >= 0.3 is 0 Å². The molecule has 10 nitrogen and oxygen atoms in total. The highest BCUT2D eigenvalue weighted by molar-refractivity contribution is 6.24. The van der Waals surface area contributed by atoms with Crippen molar-refractivity contribution < 1.29 is 34.8 Å². The molecule has 2 aromatic rings. The maximum absolute atomic E-state index is 13.9. The minimum Gasteiger partial charge on any atom is -0.511 e. The lowest BCUT2D eigenvalue weighted by Crippen LogP contribution is -2.57. The van der Waals surface area contributed by atoms with E-state index in [1.165, 1.54) is 11.1 Å². The van der Waals surface area contributed by atoms with Crippen molar-refractivity contribution >= 4 is 23.2 Å². The highest BCUT2D eigenvalue weighted by Crippen LogP contribution is 2.52. The van der Waals surface area contributed by atoms with Crippen molar-refractivity contribution in [2.24, 2.45) is 17.6 Å². The monoisotopic (exact) mass is 573 g/mol. The largest absolute Gasteiger partial charge is 0.511 e. The van der Waals surface area contributed by atoms with Crippen molar-refractivity contribution in [2.45, 2.75) is 50.3 Å². The summed E-state index contributed by atoms with van der Waals surface area (Å²) in [6.45, 7) is 0.533. The predicted octanol–water partition coefficient (Wildman–Crippen LogP) is 2.25. The zero-order valence-electron chi connectivity index (χ0n) is 23.8. The van der Waals surface area contributed by atoms with Gasteiger partial charge in [-0.2, -0.15) is 0 Å². The standard InChI is InChI=1S/C32H35N3O7/c1-34(2)27-18(14-35(3)20-9-15-6-4-5-7-16(15)10-20)12-22(36)25-21(27)11-17-8-19-13-23(37)26(31(33)41)30(40)32(19,42)29(39)24(17)28(25)38/h4-7,12,17,19-20,36-37,39,42H,8-11,13-14H2,1-3H3,(H2,33,41)/t17?,19-,32-/m0/s1. The molecule has 0 aliphatic heterocycles. The van der Waals surface area contributed by atoms with Crippen LogP contribution in [0.25, 0.3) is 0 Å². The second kappa shape index (κ2) is 9.71. The SMILES string of the molecule is CN(C)c1c(CN(C)C2Cc3ccccc3C2)cc(O)c2c1CC1C[C@H]3CC(O)=C(C(N)=O)C(=O)[C@@]3(O)C(O)=C1C2=O. The maximum Gasteiger partial charge on any atom is 0.255 e. The van der Waals surface area contributed by atoms with Gasteiger partial charge in [-0.3, -0.25) is 19.3 Å². The number of ketones is 2. The molecule has 0 bridgehead atoms. The van der Waals surface area contributed by atoms with Crippen LogP contribution in [-0.4, -0.2) is 75.6 Å². The van der Waals surface area contributed by atoms with Gasteiger partial charge in [0.25, 0.3) is 5.91 Å². The summed E-state index contributed by atoms with van der Waals surface area (Å²) in [5.74, 6) is -6.29. The molecule has 0 spiro atoms. The molecule has 0 heterocycles. The van der Waals surface area contributed by atoms with Crippen molar-refractivity contribution in [3.8, 4) is 5.75 Å². The maximum atomic E-state index is 13.9. The Labute approximate surface area is 243 Å². The summed E-state index contributed by atoms with van der Waals surface area (Å²) in [7, 11) is 5.81. The first-order valence-electron chi connectivity index (χ1n) is 14.1. The molecule has 0 aromatic heterocycles. The van der Waals surface area contributed by atoms with Crippen molar-refractivity contribution in [1.29, 1.82) is 0 Å². The number of allylic oxidation sites excluding steroid dienone is 2. The first-order chi connectivity index (χ1) is 19.8. The molecule has 4 aliphatic rings. The zero-order valence-corrected chi connectivity index (χ0v) is 23.8. The van der Waals surface area contributed by atoms with Crippen LogP contribution < -0.4 is 10.6 Å². The van der Waals surface area contributed by atoms with E-state index in [0.717, 1.165) is 24.1 Å². The number of phenols is 1. The van der Waals surface area contributed by atoms with E-state index in [9.17, 15) is 34.8 Å². The van der Waals surface area contributed by atoms with Gasteiger partial charge in [0.15, 0.2) is 11.4 Å². The van der Waals surface area contributed by atoms with Gasteiger partial charge in [0, 0.05) is 50.3 Å². The van der Waals surface area contributed by atoms with Gasteiger partial charge in [-0.25, -0.2) is 0 Å². The van der Waals surface area contributed by atoms with Gasteiger partial charge in [-0.15, -0.1) is 0 Å². The van der Waals surface area contributed by atoms with Crippen LogP contribution in [0.1, 0.15) is 45.5 Å². The van der Waals surface area contributed by atoms with Crippen molar-refractivity contribution in [2.75, 3.05) is 26.0 Å². The third kappa shape index (κ3) is 3.96. The number of nitrogens with two attached hydrogens (primary N) is 1. The van der Waals surface area contributed by atoms with Crippen LogP contribution in [0.5, 0.6) is 5.75 Å². The Morgan fingerprint density at radius 1 is 1.02 bits per heavy atom. The minimum absolute atomic E-state index is 0.0231. The van der Waals surface area contributed by atoms with Gasteiger partial charge in [-0.05, 0) is 67.0 Å². The van der Waals surface area contributed by atoms with E-state index in [1.807, 2.05) is 31.1 Å². The molecule has 220 valence electrons. The summed E-state index contributed by atoms with van der Waals surface area (Å²) in [4.78, 5) is 43.2. The number of amides is 1. The fraction of sp³-hybridized carbons (Fsp3) is 0.406. The number of Topliss-reactive ketones (excluding diaryl/α,β-unsaturated/α-hetero) is 2. The normalized spacial score (nSPS) is 25.4. The third-order valence-electron chi connectivity index (χ3n) is 9.63. The van der Waals surface area contributed by atoms with Gasteiger partial charge in [0.2, 0.25) is 5.78 Å². The van der Waals surface area contributed by atoms with Gasteiger partial charge < -0.3 is 31.1 Å². The van der Waals surface area contributed by atoms with Gasteiger partial charge in [-0.1, -0.05) is 24.3 Å². The Bertz CT molecular complexity index is 1600. The lowest BCUT2D eigenvalue weighted by atomic mass is 9.60. The van der Waals surface area contributed by atoms with Gasteiger partial charge in [0.1, 0.15) is 22.8 Å². The molecule has 10 heteroatoms. The average Bonchev–Trinajstić information content (AvgIpc) is 3.35. The van der Waals surface area contributed by atoms with Gasteiger partial charge in [0.05, 0.1) is 5.56 Å². The summed E-state index contributed by atoms with van der Waals surface area (Å²) in [6.07, 6.45) is 1.96. The number of carbonyl (C=O) groups excluding carboxylic acids is 3. The summed E-state index contributed by atoms with van der Waals surface area (Å²) < 4.78 is 0. The number of aliphatic hydroxyl groups excluding tert-OH is 2. The summed E-state index contributed by atoms with van der Waals surface area (Å²) in [5, 5.41) is 44.4. The molecule has 6 N–H and O–H groups in total. The minimum atomic E-state index is -2.57. The number of hydrogen-bond acceptors (Lipinski definition) is 9. The molecule has 6 rings (SSSR count). The smallest absolute Gasteiger partial charge is 0.255 e. The van der Waals surface area contributed by atoms with Crippen LogP contribution in [0.4, 0.5) is 5.69 Å². The number of likely N-dealkylation sites (N-methyl/N-ethyl adjacent to an activating group) is 1. The molecular formula is C32H35N3O7. The third-order valence-corrected chi connectivity index (χ3v) is 9.63. The highest BCUT2D eigenvalue weighted by atomic mass is 16.3. The van der Waals surface area contributed by atoms with Crippen molar-refractivity contribution in [3.63, 3.8) is 0 Å². The summed E-state index contributed by atoms with van der Waals surface area (Å²) >= 11 is 0. The van der Waals surface area contributed by atoms with Crippen LogP contribution in [-0.2, 0) is 35.4 Å². The number of primary amides is 1. The fourth-order valence-electron chi connectivity index (χ4n) is 7.67. The molecule has 0 saturated heterocycles. The molecule has 1 unspecified atom stereocenters. The number of benzene rings is 2.